The zero-order valence-electron chi connectivity index (χ0n) is 22.8. The predicted molar refractivity (Wildman–Crippen MR) is 140 cm³/mol. The SMILES string of the molecule is CCCCCCCCCCOC(=O)COCCOCCOCC(=O)OCCCCCCCCCC. The van der Waals surface area contributed by atoms with Gasteiger partial charge in [0.2, 0.25) is 0 Å². The average molecular weight is 503 g/mol. The fraction of sp³-hybridized carbons (Fsp3) is 0.929. The first-order valence-corrected chi connectivity index (χ1v) is 14.2. The normalized spacial score (nSPS) is 11.0. The van der Waals surface area contributed by atoms with Gasteiger partial charge in [-0.3, -0.25) is 0 Å². The molecule has 0 atom stereocenters. The van der Waals surface area contributed by atoms with E-state index in [2.05, 4.69) is 13.8 Å². The molecule has 0 aromatic carbocycles. The molecule has 0 aromatic heterocycles. The van der Waals surface area contributed by atoms with Gasteiger partial charge in [-0.05, 0) is 12.8 Å². The Bertz CT molecular complexity index is 417. The molecular formula is C28H54O7. The molecule has 0 aliphatic heterocycles. The highest BCUT2D eigenvalue weighted by molar-refractivity contribution is 5.70. The summed E-state index contributed by atoms with van der Waals surface area (Å²) in [6.45, 7) is 6.61. The molecule has 0 unspecified atom stereocenters. The molecule has 0 aliphatic carbocycles. The van der Waals surface area contributed by atoms with Crippen LogP contribution < -0.4 is 0 Å². The van der Waals surface area contributed by atoms with Gasteiger partial charge < -0.3 is 23.7 Å². The van der Waals surface area contributed by atoms with E-state index in [4.69, 9.17) is 23.7 Å². The Kier molecular flexibility index (Phi) is 28.1. The molecule has 0 saturated carbocycles. The first kappa shape index (κ1) is 33.8. The predicted octanol–water partition coefficient (Wildman–Crippen LogP) is 6.40. The third-order valence-corrected chi connectivity index (χ3v) is 5.71. The van der Waals surface area contributed by atoms with Crippen LogP contribution in [0.1, 0.15) is 117 Å². The fourth-order valence-corrected chi connectivity index (χ4v) is 3.58. The molecule has 0 radical (unpaired) electrons. The second kappa shape index (κ2) is 29.1. The maximum Gasteiger partial charge on any atom is 0.332 e. The largest absolute Gasteiger partial charge is 0.464 e. The van der Waals surface area contributed by atoms with Crippen molar-refractivity contribution in [1.82, 2.24) is 0 Å². The van der Waals surface area contributed by atoms with Crippen LogP contribution in [0, 0.1) is 0 Å². The molecule has 0 aliphatic rings. The van der Waals surface area contributed by atoms with Crippen LogP contribution >= 0.6 is 0 Å². The van der Waals surface area contributed by atoms with Gasteiger partial charge in [0.05, 0.1) is 39.6 Å². The van der Waals surface area contributed by atoms with Crippen molar-refractivity contribution >= 4 is 11.9 Å². The minimum absolute atomic E-state index is 0.0540. The van der Waals surface area contributed by atoms with Gasteiger partial charge >= 0.3 is 11.9 Å². The van der Waals surface area contributed by atoms with Crippen LogP contribution in [0.4, 0.5) is 0 Å². The summed E-state index contributed by atoms with van der Waals surface area (Å²) >= 11 is 0. The molecule has 0 heterocycles. The molecule has 7 nitrogen and oxygen atoms in total. The van der Waals surface area contributed by atoms with Crippen molar-refractivity contribution in [2.24, 2.45) is 0 Å². The van der Waals surface area contributed by atoms with Crippen molar-refractivity contribution < 1.29 is 33.3 Å². The Morgan fingerprint density at radius 2 is 0.714 bits per heavy atom. The molecule has 0 aromatic rings. The summed E-state index contributed by atoms with van der Waals surface area (Å²) in [6, 6.07) is 0. The Balaban J connectivity index is 3.24. The molecule has 7 heteroatoms. The van der Waals surface area contributed by atoms with E-state index in [-0.39, 0.29) is 25.2 Å². The summed E-state index contributed by atoms with van der Waals surface area (Å²) in [6.07, 6.45) is 19.5. The third-order valence-electron chi connectivity index (χ3n) is 5.71. The lowest BCUT2D eigenvalue weighted by Crippen LogP contribution is -2.18. The van der Waals surface area contributed by atoms with Crippen molar-refractivity contribution in [1.29, 1.82) is 0 Å². The van der Waals surface area contributed by atoms with Gasteiger partial charge in [0.15, 0.2) is 0 Å². The van der Waals surface area contributed by atoms with Crippen molar-refractivity contribution in [2.45, 2.75) is 117 Å². The van der Waals surface area contributed by atoms with Crippen molar-refractivity contribution in [3.8, 4) is 0 Å². The molecule has 208 valence electrons. The van der Waals surface area contributed by atoms with E-state index in [1.165, 1.54) is 77.0 Å². The minimum Gasteiger partial charge on any atom is -0.464 e. The first-order valence-electron chi connectivity index (χ1n) is 14.2. The van der Waals surface area contributed by atoms with Gasteiger partial charge in [0, 0.05) is 0 Å². The number of carbonyl (C=O) groups is 2. The lowest BCUT2D eigenvalue weighted by Gasteiger charge is -2.08. The zero-order valence-corrected chi connectivity index (χ0v) is 22.8. The van der Waals surface area contributed by atoms with Gasteiger partial charge in [-0.15, -0.1) is 0 Å². The van der Waals surface area contributed by atoms with Crippen LogP contribution in [-0.2, 0) is 33.3 Å². The smallest absolute Gasteiger partial charge is 0.332 e. The number of rotatable bonds is 28. The number of esters is 2. The molecule has 35 heavy (non-hydrogen) atoms. The lowest BCUT2D eigenvalue weighted by atomic mass is 10.1. The second-order valence-corrected chi connectivity index (χ2v) is 9.11. The van der Waals surface area contributed by atoms with E-state index in [9.17, 15) is 9.59 Å². The first-order chi connectivity index (χ1) is 17.2. The minimum atomic E-state index is -0.332. The number of hydrogen-bond donors (Lipinski definition) is 0. The maximum absolute atomic E-state index is 11.6. The van der Waals surface area contributed by atoms with Gasteiger partial charge in [-0.1, -0.05) is 104 Å². The maximum atomic E-state index is 11.6. The van der Waals surface area contributed by atoms with Gasteiger partial charge in [-0.2, -0.15) is 0 Å². The summed E-state index contributed by atoms with van der Waals surface area (Å²) in [5.74, 6) is -0.663. The van der Waals surface area contributed by atoms with Crippen molar-refractivity contribution in [3.63, 3.8) is 0 Å². The molecule has 0 bridgehead atoms. The molecule has 0 fully saturated rings. The molecule has 0 rings (SSSR count). The number of hydrogen-bond acceptors (Lipinski definition) is 7. The Labute approximate surface area is 214 Å². The fourth-order valence-electron chi connectivity index (χ4n) is 3.58. The van der Waals surface area contributed by atoms with E-state index in [1.54, 1.807) is 0 Å². The standard InChI is InChI=1S/C28H54O7/c1-3-5-7-9-11-13-15-17-19-34-27(29)25-32-23-21-31-22-24-33-26-28(30)35-20-18-16-14-12-10-8-6-4-2/h3-26H2,1-2H3. The summed E-state index contributed by atoms with van der Waals surface area (Å²) in [5.41, 5.74) is 0. The number of carbonyl (C=O) groups excluding carboxylic acids is 2. The van der Waals surface area contributed by atoms with Crippen molar-refractivity contribution in [2.75, 3.05) is 52.9 Å². The van der Waals surface area contributed by atoms with Crippen molar-refractivity contribution in [3.05, 3.63) is 0 Å². The average Bonchev–Trinajstić information content (AvgIpc) is 2.85. The van der Waals surface area contributed by atoms with Crippen LogP contribution in [0.25, 0.3) is 0 Å². The van der Waals surface area contributed by atoms with Crippen LogP contribution in [0.3, 0.4) is 0 Å². The van der Waals surface area contributed by atoms with E-state index >= 15 is 0 Å². The highest BCUT2D eigenvalue weighted by atomic mass is 16.6. The Hall–Kier alpha value is -1.18. The lowest BCUT2D eigenvalue weighted by molar-refractivity contribution is -0.149. The summed E-state index contributed by atoms with van der Waals surface area (Å²) < 4.78 is 26.2. The Morgan fingerprint density at radius 3 is 1.09 bits per heavy atom. The summed E-state index contributed by atoms with van der Waals surface area (Å²) in [4.78, 5) is 23.2. The zero-order chi connectivity index (χ0) is 25.7. The van der Waals surface area contributed by atoms with Gasteiger partial charge in [0.1, 0.15) is 13.2 Å². The topological polar surface area (TPSA) is 80.3 Å². The molecule has 0 saturated heterocycles. The van der Waals surface area contributed by atoms with Crippen LogP contribution in [0.2, 0.25) is 0 Å². The van der Waals surface area contributed by atoms with Gasteiger partial charge in [0.25, 0.3) is 0 Å². The molecular weight excluding hydrogens is 448 g/mol. The molecule has 0 N–H and O–H groups in total. The second-order valence-electron chi connectivity index (χ2n) is 9.11. The van der Waals surface area contributed by atoms with Gasteiger partial charge in [-0.25, -0.2) is 9.59 Å². The third kappa shape index (κ3) is 28.9. The Morgan fingerprint density at radius 1 is 0.400 bits per heavy atom. The monoisotopic (exact) mass is 502 g/mol. The quantitative estimate of drug-likeness (QED) is 0.0904. The molecule has 0 amide bonds. The van der Waals surface area contributed by atoms with Crippen LogP contribution in [0.5, 0.6) is 0 Å². The van der Waals surface area contributed by atoms with E-state index in [0.717, 1.165) is 25.7 Å². The van der Waals surface area contributed by atoms with E-state index < -0.39 is 0 Å². The highest BCUT2D eigenvalue weighted by Gasteiger charge is 2.04. The van der Waals surface area contributed by atoms with Crippen LogP contribution in [-0.4, -0.2) is 64.8 Å². The molecule has 0 spiro atoms. The highest BCUT2D eigenvalue weighted by Crippen LogP contribution is 2.09. The summed E-state index contributed by atoms with van der Waals surface area (Å²) in [7, 11) is 0. The van der Waals surface area contributed by atoms with Crippen LogP contribution in [0.15, 0.2) is 0 Å². The number of unbranched alkanes of at least 4 members (excludes halogenated alkanes) is 14. The van der Waals surface area contributed by atoms with E-state index in [0.29, 0.717) is 39.6 Å². The number of ether oxygens (including phenoxy) is 5. The summed E-state index contributed by atoms with van der Waals surface area (Å²) in [5, 5.41) is 0. The van der Waals surface area contributed by atoms with E-state index in [1.807, 2.05) is 0 Å².